The second-order valence-electron chi connectivity index (χ2n) is 5.12. The first kappa shape index (κ1) is 15.4. The molecule has 0 unspecified atom stereocenters. The Morgan fingerprint density at radius 3 is 2.91 bits per heavy atom. The predicted octanol–water partition coefficient (Wildman–Crippen LogP) is 2.03. The van der Waals surface area contributed by atoms with E-state index in [1.807, 2.05) is 43.3 Å². The van der Waals surface area contributed by atoms with Gasteiger partial charge in [0.25, 0.3) is 5.91 Å². The van der Waals surface area contributed by atoms with E-state index in [1.165, 1.54) is 11.3 Å². The van der Waals surface area contributed by atoms with Crippen LogP contribution in [0.1, 0.15) is 25.8 Å². The van der Waals surface area contributed by atoms with Crippen LogP contribution in [0.3, 0.4) is 0 Å². The topological polar surface area (TPSA) is 85.8 Å². The third-order valence-electron chi connectivity index (χ3n) is 3.34. The van der Waals surface area contributed by atoms with Gasteiger partial charge in [-0.15, -0.1) is 16.4 Å². The zero-order valence-electron chi connectivity index (χ0n) is 12.7. The zero-order valence-corrected chi connectivity index (χ0v) is 13.5. The SMILES string of the molecule is Cc1ccc(C(=O)NCc2cccc(-n3cc(CN)nn3)c2)s1. The van der Waals surface area contributed by atoms with E-state index in [-0.39, 0.29) is 5.91 Å². The maximum atomic E-state index is 12.1. The molecule has 1 amide bonds. The number of aryl methyl sites for hydroxylation is 1. The van der Waals surface area contributed by atoms with Crippen LogP contribution in [0.15, 0.2) is 42.6 Å². The molecule has 0 aliphatic rings. The first-order valence-corrected chi connectivity index (χ1v) is 8.02. The van der Waals surface area contributed by atoms with Gasteiger partial charge in [0.05, 0.1) is 22.5 Å². The lowest BCUT2D eigenvalue weighted by Crippen LogP contribution is -2.21. The lowest BCUT2D eigenvalue weighted by atomic mass is 10.2. The third kappa shape index (κ3) is 3.64. The van der Waals surface area contributed by atoms with Crippen molar-refractivity contribution in [2.45, 2.75) is 20.0 Å². The summed E-state index contributed by atoms with van der Waals surface area (Å²) in [7, 11) is 0. The summed E-state index contributed by atoms with van der Waals surface area (Å²) in [4.78, 5) is 13.9. The molecule has 23 heavy (non-hydrogen) atoms. The average molecular weight is 327 g/mol. The number of carbonyl (C=O) groups is 1. The molecule has 0 aliphatic carbocycles. The highest BCUT2D eigenvalue weighted by Crippen LogP contribution is 2.15. The highest BCUT2D eigenvalue weighted by Gasteiger charge is 2.08. The minimum Gasteiger partial charge on any atom is -0.347 e. The maximum absolute atomic E-state index is 12.1. The molecule has 0 aliphatic heterocycles. The number of hydrogen-bond donors (Lipinski definition) is 2. The van der Waals surface area contributed by atoms with Crippen molar-refractivity contribution < 1.29 is 4.79 Å². The normalized spacial score (nSPS) is 10.7. The van der Waals surface area contributed by atoms with E-state index in [2.05, 4.69) is 15.6 Å². The Bertz CT molecular complexity index is 823. The molecule has 2 aromatic heterocycles. The van der Waals surface area contributed by atoms with Crippen LogP contribution in [-0.4, -0.2) is 20.9 Å². The van der Waals surface area contributed by atoms with Gasteiger partial charge in [0.15, 0.2) is 0 Å². The van der Waals surface area contributed by atoms with Crippen LogP contribution in [0.4, 0.5) is 0 Å². The van der Waals surface area contributed by atoms with Crippen molar-refractivity contribution in [3.8, 4) is 5.69 Å². The summed E-state index contributed by atoms with van der Waals surface area (Å²) < 4.78 is 1.68. The van der Waals surface area contributed by atoms with E-state index in [4.69, 9.17) is 5.73 Å². The van der Waals surface area contributed by atoms with Gasteiger partial charge in [-0.3, -0.25) is 4.79 Å². The van der Waals surface area contributed by atoms with Crippen LogP contribution in [0.2, 0.25) is 0 Å². The fraction of sp³-hybridized carbons (Fsp3) is 0.188. The fourth-order valence-electron chi connectivity index (χ4n) is 2.15. The summed E-state index contributed by atoms with van der Waals surface area (Å²) in [6.45, 7) is 2.80. The van der Waals surface area contributed by atoms with Crippen LogP contribution in [0.5, 0.6) is 0 Å². The molecule has 0 radical (unpaired) electrons. The number of carbonyl (C=O) groups excluding carboxylic acids is 1. The molecular weight excluding hydrogens is 310 g/mol. The van der Waals surface area contributed by atoms with Crippen LogP contribution in [0, 0.1) is 6.92 Å². The second kappa shape index (κ2) is 6.72. The number of nitrogens with zero attached hydrogens (tertiary/aromatic N) is 3. The van der Waals surface area contributed by atoms with E-state index in [0.717, 1.165) is 26.7 Å². The first-order valence-electron chi connectivity index (χ1n) is 7.21. The molecule has 3 rings (SSSR count). The first-order chi connectivity index (χ1) is 11.2. The second-order valence-corrected chi connectivity index (χ2v) is 6.41. The third-order valence-corrected chi connectivity index (χ3v) is 4.34. The standard InChI is InChI=1S/C16H17N5OS/c1-11-5-6-15(23-11)16(22)18-9-12-3-2-4-14(7-12)21-10-13(8-17)19-20-21/h2-7,10H,8-9,17H2,1H3,(H,18,22). The maximum Gasteiger partial charge on any atom is 0.261 e. The van der Waals surface area contributed by atoms with Gasteiger partial charge in [0, 0.05) is 18.0 Å². The smallest absolute Gasteiger partial charge is 0.261 e. The van der Waals surface area contributed by atoms with Gasteiger partial charge >= 0.3 is 0 Å². The number of nitrogens with two attached hydrogens (primary N) is 1. The van der Waals surface area contributed by atoms with Crippen molar-refractivity contribution in [2.75, 3.05) is 0 Å². The number of thiophene rings is 1. The monoisotopic (exact) mass is 327 g/mol. The van der Waals surface area contributed by atoms with Crippen molar-refractivity contribution in [3.63, 3.8) is 0 Å². The molecule has 7 heteroatoms. The van der Waals surface area contributed by atoms with Crippen LogP contribution >= 0.6 is 11.3 Å². The van der Waals surface area contributed by atoms with Gasteiger partial charge in [-0.05, 0) is 36.8 Å². The lowest BCUT2D eigenvalue weighted by molar-refractivity contribution is 0.0955. The number of rotatable bonds is 5. The number of amides is 1. The van der Waals surface area contributed by atoms with Gasteiger partial charge in [0.1, 0.15) is 0 Å². The summed E-state index contributed by atoms with van der Waals surface area (Å²) in [5.41, 5.74) is 8.16. The molecule has 0 saturated carbocycles. The van der Waals surface area contributed by atoms with E-state index in [1.54, 1.807) is 10.9 Å². The van der Waals surface area contributed by atoms with Crippen molar-refractivity contribution in [1.82, 2.24) is 20.3 Å². The van der Waals surface area contributed by atoms with Crippen molar-refractivity contribution >= 4 is 17.2 Å². The highest BCUT2D eigenvalue weighted by molar-refractivity contribution is 7.13. The molecular formula is C16H17N5OS. The van der Waals surface area contributed by atoms with Crippen molar-refractivity contribution in [2.24, 2.45) is 5.73 Å². The minimum atomic E-state index is -0.0559. The number of aromatic nitrogens is 3. The Kier molecular flexibility index (Phi) is 4.50. The average Bonchev–Trinajstić information content (AvgIpc) is 3.21. The molecule has 0 atom stereocenters. The van der Waals surface area contributed by atoms with Crippen molar-refractivity contribution in [3.05, 3.63) is 63.6 Å². The number of benzene rings is 1. The highest BCUT2D eigenvalue weighted by atomic mass is 32.1. The van der Waals surface area contributed by atoms with Gasteiger partial charge in [-0.2, -0.15) is 0 Å². The van der Waals surface area contributed by atoms with E-state index >= 15 is 0 Å². The summed E-state index contributed by atoms with van der Waals surface area (Å²) in [5.74, 6) is -0.0559. The summed E-state index contributed by atoms with van der Waals surface area (Å²) >= 11 is 1.49. The molecule has 6 nitrogen and oxygen atoms in total. The van der Waals surface area contributed by atoms with Gasteiger partial charge in [-0.1, -0.05) is 17.3 Å². The molecule has 3 aromatic rings. The van der Waals surface area contributed by atoms with Crippen molar-refractivity contribution in [1.29, 1.82) is 0 Å². The minimum absolute atomic E-state index is 0.0559. The summed E-state index contributed by atoms with van der Waals surface area (Å²) in [6.07, 6.45) is 1.80. The molecule has 3 N–H and O–H groups in total. The van der Waals surface area contributed by atoms with E-state index in [0.29, 0.717) is 13.1 Å². The summed E-state index contributed by atoms with van der Waals surface area (Å²) in [5, 5.41) is 11.0. The van der Waals surface area contributed by atoms with Gasteiger partial charge in [-0.25, -0.2) is 4.68 Å². The molecule has 0 saturated heterocycles. The van der Waals surface area contributed by atoms with Crippen LogP contribution in [0.25, 0.3) is 5.69 Å². The molecule has 1 aromatic carbocycles. The molecule has 0 fully saturated rings. The Labute approximate surface area is 137 Å². The number of nitrogens with one attached hydrogen (secondary N) is 1. The Balaban J connectivity index is 1.69. The largest absolute Gasteiger partial charge is 0.347 e. The quantitative estimate of drug-likeness (QED) is 0.751. The van der Waals surface area contributed by atoms with E-state index < -0.39 is 0 Å². The zero-order chi connectivity index (χ0) is 16.2. The Morgan fingerprint density at radius 1 is 1.35 bits per heavy atom. The fourth-order valence-corrected chi connectivity index (χ4v) is 2.94. The number of hydrogen-bond acceptors (Lipinski definition) is 5. The van der Waals surface area contributed by atoms with Gasteiger partial charge in [0.2, 0.25) is 0 Å². The Hall–Kier alpha value is -2.51. The molecule has 118 valence electrons. The molecule has 0 bridgehead atoms. The predicted molar refractivity (Wildman–Crippen MR) is 89.5 cm³/mol. The summed E-state index contributed by atoms with van der Waals surface area (Å²) in [6, 6.07) is 11.6. The van der Waals surface area contributed by atoms with E-state index in [9.17, 15) is 4.79 Å². The van der Waals surface area contributed by atoms with Crippen LogP contribution < -0.4 is 11.1 Å². The van der Waals surface area contributed by atoms with Gasteiger partial charge < -0.3 is 11.1 Å². The lowest BCUT2D eigenvalue weighted by Gasteiger charge is -2.06. The van der Waals surface area contributed by atoms with Crippen LogP contribution in [-0.2, 0) is 13.1 Å². The Morgan fingerprint density at radius 2 is 2.22 bits per heavy atom. The molecule has 2 heterocycles. The molecule has 0 spiro atoms.